The summed E-state index contributed by atoms with van der Waals surface area (Å²) in [6.45, 7) is 7.79. The van der Waals surface area contributed by atoms with Gasteiger partial charge in [-0.3, -0.25) is 0 Å². The van der Waals surface area contributed by atoms with Crippen LogP contribution in [-0.2, 0) is 9.53 Å². The minimum atomic E-state index is -0.571. The van der Waals surface area contributed by atoms with Crippen LogP contribution in [0.4, 0.5) is 0 Å². The van der Waals surface area contributed by atoms with Gasteiger partial charge in [-0.1, -0.05) is 22.5 Å². The summed E-state index contributed by atoms with van der Waals surface area (Å²) in [6, 6.07) is 0. The molecule has 0 aromatic carbocycles. The zero-order valence-corrected chi connectivity index (χ0v) is 11.2. The highest BCUT2D eigenvalue weighted by Crippen LogP contribution is 2.41. The molecule has 0 fully saturated rings. The fourth-order valence-electron chi connectivity index (χ4n) is 1.15. The summed E-state index contributed by atoms with van der Waals surface area (Å²) < 4.78 is 4.98. The smallest absolute Gasteiger partial charge is 0.338 e. The Morgan fingerprint density at radius 3 is 2.64 bits per heavy atom. The van der Waals surface area contributed by atoms with E-state index in [1.165, 1.54) is 0 Å². The van der Waals surface area contributed by atoms with Gasteiger partial charge in [0.1, 0.15) is 0 Å². The zero-order chi connectivity index (χ0) is 10.9. The van der Waals surface area contributed by atoms with E-state index in [4.69, 9.17) is 4.74 Å². The Bertz CT molecular complexity index is 321. The maximum Gasteiger partial charge on any atom is 0.338 e. The third-order valence-corrected chi connectivity index (χ3v) is 3.47. The average molecular weight is 325 g/mol. The fourth-order valence-corrected chi connectivity index (χ4v) is 2.68. The highest BCUT2D eigenvalue weighted by atomic mass is 79.9. The normalized spacial score (nSPS) is 26.4. The van der Waals surface area contributed by atoms with Crippen LogP contribution in [0.1, 0.15) is 13.8 Å². The Labute approximate surface area is 99.8 Å². The molecule has 1 N–H and O–H groups in total. The molecule has 0 aromatic heterocycles. The number of ether oxygens (including phenoxy) is 1. The standard InChI is InChI=1S/C9H11Br2NO2/c1-4-14-8(13)6-7(10)12-5(2)9(6,3)11/h12H,2,4H2,1,3H3. The van der Waals surface area contributed by atoms with Crippen molar-refractivity contribution in [1.29, 1.82) is 0 Å². The molecule has 1 aliphatic heterocycles. The second-order valence-electron chi connectivity index (χ2n) is 3.02. The van der Waals surface area contributed by atoms with Crippen molar-refractivity contribution in [3.63, 3.8) is 0 Å². The first-order valence-corrected chi connectivity index (χ1v) is 5.72. The number of carbonyl (C=O) groups is 1. The van der Waals surface area contributed by atoms with Crippen LogP contribution in [0.3, 0.4) is 0 Å². The molecule has 0 radical (unpaired) electrons. The number of hydrogen-bond acceptors (Lipinski definition) is 3. The van der Waals surface area contributed by atoms with Crippen LogP contribution >= 0.6 is 31.9 Å². The van der Waals surface area contributed by atoms with Crippen LogP contribution in [0.2, 0.25) is 0 Å². The Morgan fingerprint density at radius 2 is 2.29 bits per heavy atom. The summed E-state index contributed by atoms with van der Waals surface area (Å²) in [6.07, 6.45) is 0. The summed E-state index contributed by atoms with van der Waals surface area (Å²) in [4.78, 5) is 11.6. The molecule has 5 heteroatoms. The van der Waals surface area contributed by atoms with Crippen LogP contribution in [-0.4, -0.2) is 16.9 Å². The molecule has 1 aliphatic rings. The van der Waals surface area contributed by atoms with Crippen molar-refractivity contribution in [2.45, 2.75) is 18.2 Å². The van der Waals surface area contributed by atoms with E-state index in [2.05, 4.69) is 43.8 Å². The number of rotatable bonds is 2. The summed E-state index contributed by atoms with van der Waals surface area (Å²) >= 11 is 6.70. The van der Waals surface area contributed by atoms with Gasteiger partial charge in [0.05, 0.1) is 21.1 Å². The van der Waals surface area contributed by atoms with Crippen molar-refractivity contribution in [3.8, 4) is 0 Å². The molecule has 0 spiro atoms. The van der Waals surface area contributed by atoms with Crippen LogP contribution in [0.15, 0.2) is 22.5 Å². The molecule has 1 atom stereocenters. The molecule has 0 aliphatic carbocycles. The summed E-state index contributed by atoms with van der Waals surface area (Å²) in [5.41, 5.74) is 1.23. The lowest BCUT2D eigenvalue weighted by Gasteiger charge is -2.18. The molecule has 3 nitrogen and oxygen atoms in total. The first-order valence-electron chi connectivity index (χ1n) is 4.14. The van der Waals surface area contributed by atoms with Crippen LogP contribution in [0.5, 0.6) is 0 Å². The van der Waals surface area contributed by atoms with Crippen molar-refractivity contribution < 1.29 is 9.53 Å². The number of esters is 1. The Balaban J connectivity index is 3.02. The average Bonchev–Trinajstić information content (AvgIpc) is 2.22. The summed E-state index contributed by atoms with van der Waals surface area (Å²) in [5, 5.41) is 2.95. The van der Waals surface area contributed by atoms with Gasteiger partial charge in [0, 0.05) is 5.70 Å². The first-order chi connectivity index (χ1) is 6.41. The molecule has 78 valence electrons. The lowest BCUT2D eigenvalue weighted by atomic mass is 10.0. The van der Waals surface area contributed by atoms with Crippen LogP contribution in [0.25, 0.3) is 0 Å². The second-order valence-corrected chi connectivity index (χ2v) is 5.39. The van der Waals surface area contributed by atoms with Crippen molar-refractivity contribution in [1.82, 2.24) is 5.32 Å². The van der Waals surface area contributed by atoms with E-state index in [0.29, 0.717) is 22.5 Å². The van der Waals surface area contributed by atoms with E-state index in [1.54, 1.807) is 6.92 Å². The number of allylic oxidation sites excluding steroid dienone is 1. The van der Waals surface area contributed by atoms with Gasteiger partial charge < -0.3 is 10.1 Å². The first kappa shape index (κ1) is 11.8. The second kappa shape index (κ2) is 4.06. The maximum atomic E-state index is 11.6. The third kappa shape index (κ3) is 1.88. The number of nitrogens with one attached hydrogen (secondary N) is 1. The van der Waals surface area contributed by atoms with E-state index < -0.39 is 4.32 Å². The quantitative estimate of drug-likeness (QED) is 0.481. The van der Waals surface area contributed by atoms with E-state index in [9.17, 15) is 4.79 Å². The van der Waals surface area contributed by atoms with E-state index in [1.807, 2.05) is 6.92 Å². The molecule has 0 amide bonds. The predicted molar refractivity (Wildman–Crippen MR) is 62.2 cm³/mol. The summed E-state index contributed by atoms with van der Waals surface area (Å²) in [5.74, 6) is -0.343. The van der Waals surface area contributed by atoms with Gasteiger partial charge in [0.2, 0.25) is 0 Å². The molecule has 1 unspecified atom stereocenters. The Morgan fingerprint density at radius 1 is 1.71 bits per heavy atom. The highest BCUT2D eigenvalue weighted by molar-refractivity contribution is 9.12. The highest BCUT2D eigenvalue weighted by Gasteiger charge is 2.42. The van der Waals surface area contributed by atoms with Gasteiger partial charge in [-0.25, -0.2) is 4.79 Å². The van der Waals surface area contributed by atoms with Crippen molar-refractivity contribution in [2.75, 3.05) is 6.61 Å². The number of alkyl halides is 1. The lowest BCUT2D eigenvalue weighted by Crippen LogP contribution is -2.25. The monoisotopic (exact) mass is 323 g/mol. The van der Waals surface area contributed by atoms with Gasteiger partial charge >= 0.3 is 5.97 Å². The number of carbonyl (C=O) groups excluding carboxylic acids is 1. The Kier molecular flexibility index (Phi) is 3.42. The molecule has 0 aromatic rings. The van der Waals surface area contributed by atoms with Crippen LogP contribution in [0, 0.1) is 0 Å². The molecular formula is C9H11Br2NO2. The van der Waals surface area contributed by atoms with E-state index >= 15 is 0 Å². The van der Waals surface area contributed by atoms with Crippen molar-refractivity contribution in [3.05, 3.63) is 22.5 Å². The van der Waals surface area contributed by atoms with Gasteiger partial charge in [0.25, 0.3) is 0 Å². The zero-order valence-electron chi connectivity index (χ0n) is 7.99. The number of halogens is 2. The van der Waals surface area contributed by atoms with Crippen molar-refractivity contribution in [2.24, 2.45) is 0 Å². The van der Waals surface area contributed by atoms with Gasteiger partial charge in [-0.2, -0.15) is 0 Å². The van der Waals surface area contributed by atoms with E-state index in [0.717, 1.165) is 0 Å². The molecule has 0 bridgehead atoms. The summed E-state index contributed by atoms with van der Waals surface area (Å²) in [7, 11) is 0. The maximum absolute atomic E-state index is 11.6. The van der Waals surface area contributed by atoms with Gasteiger partial charge in [0.15, 0.2) is 0 Å². The van der Waals surface area contributed by atoms with E-state index in [-0.39, 0.29) is 5.97 Å². The van der Waals surface area contributed by atoms with Gasteiger partial charge in [-0.05, 0) is 29.8 Å². The molecule has 0 saturated heterocycles. The largest absolute Gasteiger partial charge is 0.463 e. The van der Waals surface area contributed by atoms with Crippen molar-refractivity contribution >= 4 is 37.8 Å². The molecule has 0 saturated carbocycles. The molecule has 14 heavy (non-hydrogen) atoms. The van der Waals surface area contributed by atoms with Crippen LogP contribution < -0.4 is 5.32 Å². The van der Waals surface area contributed by atoms with Gasteiger partial charge in [-0.15, -0.1) is 0 Å². The topological polar surface area (TPSA) is 38.3 Å². The minimum absolute atomic E-state index is 0.343. The fraction of sp³-hybridized carbons (Fsp3) is 0.444. The molecule has 1 rings (SSSR count). The molecule has 1 heterocycles. The minimum Gasteiger partial charge on any atom is -0.463 e. The molecular weight excluding hydrogens is 314 g/mol. The Hall–Kier alpha value is -0.290. The predicted octanol–water partition coefficient (Wildman–Crippen LogP) is 2.43. The lowest BCUT2D eigenvalue weighted by molar-refractivity contribution is -0.138. The number of hydrogen-bond donors (Lipinski definition) is 1. The SMILES string of the molecule is C=C1NC(Br)=C(C(=O)OCC)C1(C)Br. The third-order valence-electron chi connectivity index (χ3n) is 2.00.